The van der Waals surface area contributed by atoms with Gasteiger partial charge >= 0.3 is 6.01 Å². The molecule has 0 saturated carbocycles. The fraction of sp³-hybridized carbons (Fsp3) is 0.464. The van der Waals surface area contributed by atoms with Crippen LogP contribution in [0.3, 0.4) is 0 Å². The van der Waals surface area contributed by atoms with Gasteiger partial charge in [-0.25, -0.2) is 0 Å². The predicted molar refractivity (Wildman–Crippen MR) is 144 cm³/mol. The lowest BCUT2D eigenvalue weighted by Crippen LogP contribution is -2.56. The van der Waals surface area contributed by atoms with Gasteiger partial charge in [0, 0.05) is 38.3 Å². The second-order valence-electron chi connectivity index (χ2n) is 10.2. The third-order valence-electron chi connectivity index (χ3n) is 7.80. The number of rotatable bonds is 6. The molecule has 2 aliphatic heterocycles. The van der Waals surface area contributed by atoms with Crippen molar-refractivity contribution in [3.8, 4) is 0 Å². The van der Waals surface area contributed by atoms with Gasteiger partial charge in [-0.15, -0.1) is 5.10 Å². The Kier molecular flexibility index (Phi) is 7.67. The van der Waals surface area contributed by atoms with Crippen molar-refractivity contribution in [3.63, 3.8) is 0 Å². The van der Waals surface area contributed by atoms with Crippen molar-refractivity contribution in [3.05, 3.63) is 70.1 Å². The molecule has 2 fully saturated rings. The van der Waals surface area contributed by atoms with Crippen molar-refractivity contribution in [2.45, 2.75) is 39.2 Å². The summed E-state index contributed by atoms with van der Waals surface area (Å²) in [5, 5.41) is 18.5. The van der Waals surface area contributed by atoms with Crippen LogP contribution in [0.2, 0.25) is 5.02 Å². The highest BCUT2D eigenvalue weighted by molar-refractivity contribution is 6.33. The van der Waals surface area contributed by atoms with Crippen LogP contribution in [0, 0.1) is 19.8 Å². The van der Waals surface area contributed by atoms with E-state index >= 15 is 0 Å². The van der Waals surface area contributed by atoms with Crippen LogP contribution in [-0.4, -0.2) is 71.5 Å². The van der Waals surface area contributed by atoms with Crippen LogP contribution < -0.4 is 9.80 Å². The number of halogens is 1. The molecule has 0 spiro atoms. The molecule has 3 heterocycles. The van der Waals surface area contributed by atoms with Crippen LogP contribution in [0.25, 0.3) is 0 Å². The summed E-state index contributed by atoms with van der Waals surface area (Å²) in [6, 6.07) is 12.4. The quantitative estimate of drug-likeness (QED) is 0.520. The number of aliphatic hydroxyl groups is 1. The molecule has 2 aromatic carbocycles. The van der Waals surface area contributed by atoms with Gasteiger partial charge < -0.3 is 24.2 Å². The molecule has 8 nitrogen and oxygen atoms in total. The van der Waals surface area contributed by atoms with Crippen molar-refractivity contribution in [2.24, 2.45) is 5.92 Å². The van der Waals surface area contributed by atoms with Gasteiger partial charge in [0.15, 0.2) is 0 Å². The molecule has 3 aromatic rings. The number of carbonyl (C=O) groups is 1. The molecule has 0 radical (unpaired) electrons. The number of carbonyl (C=O) groups excluding carboxylic acids is 1. The third kappa shape index (κ3) is 5.45. The van der Waals surface area contributed by atoms with Crippen LogP contribution in [0.1, 0.15) is 39.9 Å². The number of benzene rings is 2. The summed E-state index contributed by atoms with van der Waals surface area (Å²) in [7, 11) is 0. The van der Waals surface area contributed by atoms with E-state index in [1.54, 1.807) is 0 Å². The SMILES string of the molecule is Cc1cc(C)c(C(=O)N2CCN(c3nnco3)[C@H](CO)C2)cc1CC1CCN(c2ccccc2Cl)CC1. The molecular weight excluding hydrogens is 490 g/mol. The Balaban J connectivity index is 1.25. The molecule has 0 unspecified atom stereocenters. The minimum Gasteiger partial charge on any atom is -0.411 e. The maximum absolute atomic E-state index is 13.6. The molecule has 1 N–H and O–H groups in total. The Hall–Kier alpha value is -3.10. The smallest absolute Gasteiger partial charge is 0.318 e. The minimum absolute atomic E-state index is 0.0101. The molecule has 0 bridgehead atoms. The van der Waals surface area contributed by atoms with Gasteiger partial charge in [0.05, 0.1) is 23.4 Å². The summed E-state index contributed by atoms with van der Waals surface area (Å²) < 4.78 is 5.32. The number of nitrogens with zero attached hydrogens (tertiary/aromatic N) is 5. The van der Waals surface area contributed by atoms with Gasteiger partial charge in [-0.2, -0.15) is 0 Å². The molecule has 37 heavy (non-hydrogen) atoms. The fourth-order valence-electron chi connectivity index (χ4n) is 5.66. The van der Waals surface area contributed by atoms with Gasteiger partial charge in [-0.3, -0.25) is 4.79 Å². The summed E-state index contributed by atoms with van der Waals surface area (Å²) >= 11 is 6.42. The Bertz CT molecular complexity index is 1230. The third-order valence-corrected chi connectivity index (χ3v) is 8.12. The Morgan fingerprint density at radius 1 is 1.11 bits per heavy atom. The normalized spacial score (nSPS) is 18.9. The number of anilines is 2. The van der Waals surface area contributed by atoms with Crippen LogP contribution in [0.15, 0.2) is 47.2 Å². The standard InChI is InChI=1S/C28H34ClN5O3/c1-19-13-20(2)24(27(36)33-11-12-34(23(16-33)17-35)28-31-30-18-37-28)15-22(19)14-21-7-9-32(10-8-21)26-6-4-3-5-25(26)29/h3-6,13,15,18,21,23,35H,7-12,14,16-17H2,1-2H3/t23-/m0/s1. The van der Waals surface area contributed by atoms with Gasteiger partial charge in [-0.05, 0) is 73.9 Å². The number of amides is 1. The lowest BCUT2D eigenvalue weighted by atomic mass is 9.86. The van der Waals surface area contributed by atoms with E-state index in [1.807, 2.05) is 34.9 Å². The predicted octanol–water partition coefficient (Wildman–Crippen LogP) is 4.12. The molecule has 9 heteroatoms. The van der Waals surface area contributed by atoms with E-state index in [1.165, 1.54) is 17.5 Å². The van der Waals surface area contributed by atoms with Gasteiger partial charge in [0.2, 0.25) is 6.39 Å². The van der Waals surface area contributed by atoms with Crippen LogP contribution >= 0.6 is 11.6 Å². The van der Waals surface area contributed by atoms with E-state index in [-0.39, 0.29) is 18.6 Å². The van der Waals surface area contributed by atoms with Gasteiger partial charge in [-0.1, -0.05) is 34.9 Å². The largest absolute Gasteiger partial charge is 0.411 e. The number of aromatic nitrogens is 2. The highest BCUT2D eigenvalue weighted by Crippen LogP contribution is 2.31. The average molecular weight is 524 g/mol. The lowest BCUT2D eigenvalue weighted by Gasteiger charge is -2.39. The van der Waals surface area contributed by atoms with Crippen LogP contribution in [0.5, 0.6) is 0 Å². The van der Waals surface area contributed by atoms with Gasteiger partial charge in [0.25, 0.3) is 5.91 Å². The molecule has 196 valence electrons. The van der Waals surface area contributed by atoms with Crippen molar-refractivity contribution in [2.75, 3.05) is 49.1 Å². The summed E-state index contributed by atoms with van der Waals surface area (Å²) in [5.41, 5.74) is 5.32. The zero-order valence-corrected chi connectivity index (χ0v) is 22.2. The molecule has 0 aliphatic carbocycles. The summed E-state index contributed by atoms with van der Waals surface area (Å²) in [6.07, 6.45) is 4.43. The molecule has 1 amide bonds. The molecule has 5 rings (SSSR count). The first-order valence-corrected chi connectivity index (χ1v) is 13.3. The summed E-state index contributed by atoms with van der Waals surface area (Å²) in [5.74, 6) is 0.579. The number of aliphatic hydroxyl groups excluding tert-OH is 1. The number of aryl methyl sites for hydroxylation is 2. The fourth-order valence-corrected chi connectivity index (χ4v) is 5.91. The highest BCUT2D eigenvalue weighted by atomic mass is 35.5. The van der Waals surface area contributed by atoms with E-state index in [2.05, 4.69) is 40.2 Å². The second kappa shape index (κ2) is 11.1. The summed E-state index contributed by atoms with van der Waals surface area (Å²) in [4.78, 5) is 19.7. The highest BCUT2D eigenvalue weighted by Gasteiger charge is 2.33. The number of piperidine rings is 1. The first-order valence-electron chi connectivity index (χ1n) is 13.0. The average Bonchev–Trinajstić information content (AvgIpc) is 3.45. The van der Waals surface area contributed by atoms with Crippen LogP contribution in [0.4, 0.5) is 11.7 Å². The number of para-hydroxylation sites is 1. The zero-order chi connectivity index (χ0) is 25.9. The molecular formula is C28H34ClN5O3. The van der Waals surface area contributed by atoms with Crippen LogP contribution in [-0.2, 0) is 6.42 Å². The molecule has 2 aliphatic rings. The summed E-state index contributed by atoms with van der Waals surface area (Å²) in [6.45, 7) is 7.47. The zero-order valence-electron chi connectivity index (χ0n) is 21.4. The molecule has 1 atom stereocenters. The van der Waals surface area contributed by atoms with Crippen molar-refractivity contribution in [1.82, 2.24) is 15.1 Å². The number of hydrogen-bond donors (Lipinski definition) is 1. The van der Waals surface area contributed by atoms with Gasteiger partial charge in [0.1, 0.15) is 0 Å². The number of hydrogen-bond acceptors (Lipinski definition) is 7. The van der Waals surface area contributed by atoms with E-state index in [0.717, 1.165) is 54.2 Å². The second-order valence-corrected chi connectivity index (χ2v) is 10.6. The maximum Gasteiger partial charge on any atom is 0.318 e. The Morgan fingerprint density at radius 2 is 1.89 bits per heavy atom. The van der Waals surface area contributed by atoms with E-state index in [4.69, 9.17) is 16.0 Å². The molecule has 2 saturated heterocycles. The monoisotopic (exact) mass is 523 g/mol. The number of piperazine rings is 1. The first-order chi connectivity index (χ1) is 17.9. The van der Waals surface area contributed by atoms with Crippen molar-refractivity contribution < 1.29 is 14.3 Å². The molecule has 1 aromatic heterocycles. The van der Waals surface area contributed by atoms with E-state index in [0.29, 0.717) is 31.6 Å². The lowest BCUT2D eigenvalue weighted by molar-refractivity contribution is 0.0694. The first kappa shape index (κ1) is 25.5. The van der Waals surface area contributed by atoms with E-state index in [9.17, 15) is 9.90 Å². The van der Waals surface area contributed by atoms with E-state index < -0.39 is 0 Å². The topological polar surface area (TPSA) is 85.9 Å². The Labute approximate surface area is 222 Å². The Morgan fingerprint density at radius 3 is 2.59 bits per heavy atom. The van der Waals surface area contributed by atoms with Crippen molar-refractivity contribution in [1.29, 1.82) is 0 Å². The minimum atomic E-state index is -0.285. The van der Waals surface area contributed by atoms with Crippen molar-refractivity contribution >= 4 is 29.2 Å². The maximum atomic E-state index is 13.6.